The summed E-state index contributed by atoms with van der Waals surface area (Å²) in [5, 5.41) is 37.7. The first-order valence-corrected chi connectivity index (χ1v) is 7.27. The third kappa shape index (κ3) is 4.99. The molecule has 1 heterocycles. The molecule has 0 saturated carbocycles. The van der Waals surface area contributed by atoms with Gasteiger partial charge in [-0.3, -0.25) is 4.90 Å². The van der Waals surface area contributed by atoms with Crippen molar-refractivity contribution in [1.82, 2.24) is 4.90 Å². The lowest BCUT2D eigenvalue weighted by atomic mass is 10.2. The van der Waals surface area contributed by atoms with Gasteiger partial charge >= 0.3 is 0 Å². The van der Waals surface area contributed by atoms with Gasteiger partial charge in [-0.1, -0.05) is 0 Å². The van der Waals surface area contributed by atoms with E-state index in [1.165, 1.54) is 16.7 Å². The fourth-order valence-electron chi connectivity index (χ4n) is 1.95. The molecule has 1 aliphatic rings. The molecule has 112 valence electrons. The number of likely N-dealkylation sites (tertiary alicyclic amines) is 1. The monoisotopic (exact) mass is 294 g/mol. The summed E-state index contributed by atoms with van der Waals surface area (Å²) < 4.78 is 0. The molecule has 0 aromatic heterocycles. The van der Waals surface area contributed by atoms with Gasteiger partial charge in [-0.15, -0.1) is 0 Å². The van der Waals surface area contributed by atoms with Gasteiger partial charge in [0, 0.05) is 24.0 Å². The summed E-state index contributed by atoms with van der Waals surface area (Å²) in [6, 6.07) is -0.570. The second-order valence-corrected chi connectivity index (χ2v) is 5.94. The van der Waals surface area contributed by atoms with Crippen LogP contribution in [0.1, 0.15) is 12.8 Å². The van der Waals surface area contributed by atoms with E-state index in [1.54, 1.807) is 0 Å². The van der Waals surface area contributed by atoms with Crippen molar-refractivity contribution in [3.63, 3.8) is 0 Å². The molecule has 1 aliphatic heterocycles. The molecule has 5 atom stereocenters. The van der Waals surface area contributed by atoms with Crippen LogP contribution in [0.25, 0.3) is 0 Å². The molecule has 6 N–H and O–H groups in total. The van der Waals surface area contributed by atoms with Crippen molar-refractivity contribution in [2.45, 2.75) is 42.7 Å². The fraction of sp³-hybridized carbons (Fsp3) is 0.909. The number of nitrogens with two attached hydrogens (primary N) is 1. The summed E-state index contributed by atoms with van der Waals surface area (Å²) in [5.74, 6) is 0.394. The van der Waals surface area contributed by atoms with E-state index < -0.39 is 24.6 Å². The SMILES string of the molecule is NC(C=O)CSC1CC(O)N(CCC(O)CO)C1O. The second kappa shape index (κ2) is 8.15. The zero-order chi connectivity index (χ0) is 14.4. The summed E-state index contributed by atoms with van der Waals surface area (Å²) in [7, 11) is 0. The van der Waals surface area contributed by atoms with Gasteiger partial charge < -0.3 is 31.0 Å². The molecule has 1 rings (SSSR count). The molecule has 0 aromatic rings. The number of hydrogen-bond acceptors (Lipinski definition) is 8. The van der Waals surface area contributed by atoms with Crippen LogP contribution in [0, 0.1) is 0 Å². The lowest BCUT2D eigenvalue weighted by Crippen LogP contribution is -2.40. The smallest absolute Gasteiger partial charge is 0.137 e. The van der Waals surface area contributed by atoms with Crippen molar-refractivity contribution in [2.75, 3.05) is 18.9 Å². The van der Waals surface area contributed by atoms with Gasteiger partial charge in [-0.2, -0.15) is 11.8 Å². The number of carbonyl (C=O) groups is 1. The lowest BCUT2D eigenvalue weighted by molar-refractivity contribution is -0.108. The van der Waals surface area contributed by atoms with Crippen LogP contribution in [-0.2, 0) is 4.79 Å². The van der Waals surface area contributed by atoms with Crippen molar-refractivity contribution >= 4 is 18.0 Å². The van der Waals surface area contributed by atoms with Crippen LogP contribution in [0.3, 0.4) is 0 Å². The van der Waals surface area contributed by atoms with Gasteiger partial charge in [-0.25, -0.2) is 0 Å². The zero-order valence-electron chi connectivity index (χ0n) is 10.6. The highest BCUT2D eigenvalue weighted by Gasteiger charge is 2.39. The Balaban J connectivity index is 2.41. The number of aldehydes is 1. The van der Waals surface area contributed by atoms with Gasteiger partial charge in [0.15, 0.2) is 0 Å². The molecule has 0 radical (unpaired) electrons. The molecule has 5 unspecified atom stereocenters. The molecule has 7 nitrogen and oxygen atoms in total. The molecule has 0 aromatic carbocycles. The van der Waals surface area contributed by atoms with E-state index in [0.29, 0.717) is 25.0 Å². The quantitative estimate of drug-likeness (QED) is 0.316. The van der Waals surface area contributed by atoms with Crippen molar-refractivity contribution in [3.05, 3.63) is 0 Å². The van der Waals surface area contributed by atoms with Gasteiger partial charge in [0.05, 0.1) is 18.8 Å². The molecule has 19 heavy (non-hydrogen) atoms. The molecule has 1 fully saturated rings. The van der Waals surface area contributed by atoms with E-state index in [9.17, 15) is 20.1 Å². The van der Waals surface area contributed by atoms with Crippen LogP contribution in [0.2, 0.25) is 0 Å². The maximum Gasteiger partial charge on any atom is 0.137 e. The predicted molar refractivity (Wildman–Crippen MR) is 71.3 cm³/mol. The van der Waals surface area contributed by atoms with Crippen LogP contribution in [0.4, 0.5) is 0 Å². The largest absolute Gasteiger partial charge is 0.394 e. The van der Waals surface area contributed by atoms with Crippen LogP contribution in [-0.4, -0.2) is 80.4 Å². The molecule has 0 amide bonds. The van der Waals surface area contributed by atoms with Gasteiger partial charge in [0.25, 0.3) is 0 Å². The minimum atomic E-state index is -0.852. The Morgan fingerprint density at radius 2 is 2.16 bits per heavy atom. The van der Waals surface area contributed by atoms with Gasteiger partial charge in [0.2, 0.25) is 0 Å². The van der Waals surface area contributed by atoms with Gasteiger partial charge in [0.1, 0.15) is 18.7 Å². The Morgan fingerprint density at radius 3 is 2.74 bits per heavy atom. The number of hydrogen-bond donors (Lipinski definition) is 5. The van der Waals surface area contributed by atoms with Crippen LogP contribution < -0.4 is 5.73 Å². The zero-order valence-corrected chi connectivity index (χ0v) is 11.4. The summed E-state index contributed by atoms with van der Waals surface area (Å²) in [6.45, 7) is -0.0484. The fourth-order valence-corrected chi connectivity index (χ4v) is 3.14. The molecule has 8 heteroatoms. The first-order valence-electron chi connectivity index (χ1n) is 6.22. The van der Waals surface area contributed by atoms with Crippen molar-refractivity contribution in [2.24, 2.45) is 5.73 Å². The van der Waals surface area contributed by atoms with Crippen LogP contribution >= 0.6 is 11.8 Å². The lowest BCUT2D eigenvalue weighted by Gasteiger charge is -2.25. The predicted octanol–water partition coefficient (Wildman–Crippen LogP) is -2.30. The van der Waals surface area contributed by atoms with Crippen molar-refractivity contribution < 1.29 is 25.2 Å². The third-order valence-corrected chi connectivity index (χ3v) is 4.55. The highest BCUT2D eigenvalue weighted by Crippen LogP contribution is 2.31. The minimum Gasteiger partial charge on any atom is -0.394 e. The number of carbonyl (C=O) groups excluding carboxylic acids is 1. The average molecular weight is 294 g/mol. The average Bonchev–Trinajstić information content (AvgIpc) is 2.68. The molecular weight excluding hydrogens is 272 g/mol. The number of aliphatic hydroxyl groups excluding tert-OH is 4. The van der Waals surface area contributed by atoms with Crippen LogP contribution in [0.15, 0.2) is 0 Å². The van der Waals surface area contributed by atoms with Crippen LogP contribution in [0.5, 0.6) is 0 Å². The van der Waals surface area contributed by atoms with Crippen molar-refractivity contribution in [3.8, 4) is 0 Å². The standard InChI is InChI=1S/C11H22N2O5S/c12-7(4-14)6-19-9-3-10(17)13(11(9)18)2-1-8(16)5-15/h4,7-11,15-18H,1-3,5-6,12H2. The van der Waals surface area contributed by atoms with E-state index in [-0.39, 0.29) is 18.3 Å². The van der Waals surface area contributed by atoms with Gasteiger partial charge in [-0.05, 0) is 6.42 Å². The highest BCUT2D eigenvalue weighted by atomic mass is 32.2. The van der Waals surface area contributed by atoms with E-state index in [2.05, 4.69) is 0 Å². The number of aliphatic hydroxyl groups is 4. The highest BCUT2D eigenvalue weighted by molar-refractivity contribution is 8.00. The number of nitrogens with zero attached hydrogens (tertiary/aromatic N) is 1. The first kappa shape index (κ1) is 16.8. The first-order chi connectivity index (χ1) is 8.99. The third-order valence-electron chi connectivity index (χ3n) is 3.11. The van der Waals surface area contributed by atoms with E-state index in [0.717, 1.165) is 0 Å². The summed E-state index contributed by atoms with van der Waals surface area (Å²) in [4.78, 5) is 11.9. The van der Waals surface area contributed by atoms with E-state index in [4.69, 9.17) is 10.8 Å². The Labute approximate surface area is 116 Å². The summed E-state index contributed by atoms with van der Waals surface area (Å²) in [5.41, 5.74) is 5.47. The Kier molecular flexibility index (Phi) is 7.22. The maximum absolute atomic E-state index is 10.4. The van der Waals surface area contributed by atoms with E-state index >= 15 is 0 Å². The molecular formula is C11H22N2O5S. The van der Waals surface area contributed by atoms with Crippen molar-refractivity contribution in [1.29, 1.82) is 0 Å². The minimum absolute atomic E-state index is 0.215. The molecule has 1 saturated heterocycles. The number of thioether (sulfide) groups is 1. The Bertz CT molecular complexity index is 284. The topological polar surface area (TPSA) is 127 Å². The number of rotatable bonds is 8. The Hall–Kier alpha value is -0.220. The Morgan fingerprint density at radius 1 is 1.47 bits per heavy atom. The second-order valence-electron chi connectivity index (χ2n) is 4.66. The van der Waals surface area contributed by atoms with E-state index in [1.807, 2.05) is 0 Å². The summed E-state index contributed by atoms with van der Waals surface area (Å²) >= 11 is 1.35. The maximum atomic E-state index is 10.4. The molecule has 0 bridgehead atoms. The molecule has 0 spiro atoms. The molecule has 0 aliphatic carbocycles. The summed E-state index contributed by atoms with van der Waals surface area (Å²) in [6.07, 6.45) is -1.17. The normalized spacial score (nSPS) is 31.3.